The third-order valence-electron chi connectivity index (χ3n) is 3.64. The zero-order chi connectivity index (χ0) is 20.1. The summed E-state index contributed by atoms with van der Waals surface area (Å²) in [7, 11) is -10.0. The van der Waals surface area contributed by atoms with E-state index in [0.29, 0.717) is 6.07 Å². The average Bonchev–Trinajstić information content (AvgIpc) is 2.43. The molecule has 144 valence electrons. The van der Waals surface area contributed by atoms with Gasteiger partial charge in [0.25, 0.3) is 11.5 Å². The highest BCUT2D eigenvalue weighted by molar-refractivity contribution is 8.45. The van der Waals surface area contributed by atoms with Gasteiger partial charge < -0.3 is 5.73 Å². The van der Waals surface area contributed by atoms with E-state index in [-0.39, 0.29) is 23.7 Å². The molecule has 0 spiro atoms. The minimum atomic E-state index is -10.0. The van der Waals surface area contributed by atoms with Crippen LogP contribution in [0.25, 0.3) is 0 Å². The van der Waals surface area contributed by atoms with Crippen LogP contribution in [0.5, 0.6) is 0 Å². The van der Waals surface area contributed by atoms with Crippen LogP contribution in [0.2, 0.25) is 0 Å². The molecule has 0 bridgehead atoms. The van der Waals surface area contributed by atoms with Crippen molar-refractivity contribution in [2.45, 2.75) is 24.8 Å². The number of carbonyl (C=O) groups excluding carboxylic acids is 1. The molecule has 2 N–H and O–H groups in total. The summed E-state index contributed by atoms with van der Waals surface area (Å²) in [5.74, 6) is -2.60. The molecular weight excluding hydrogens is 388 g/mol. The van der Waals surface area contributed by atoms with Gasteiger partial charge in [0.2, 0.25) is 0 Å². The molecule has 2 rings (SSSR count). The number of nitrogens with zero attached hydrogens (tertiary/aromatic N) is 2. The molecule has 12 heteroatoms. The lowest BCUT2D eigenvalue weighted by Crippen LogP contribution is -2.30. The van der Waals surface area contributed by atoms with Crippen LogP contribution in [0.3, 0.4) is 0 Å². The Morgan fingerprint density at radius 1 is 1.19 bits per heavy atom. The van der Waals surface area contributed by atoms with Crippen molar-refractivity contribution < 1.29 is 28.6 Å². The summed E-state index contributed by atoms with van der Waals surface area (Å²) < 4.78 is 78.8. The third-order valence-corrected chi connectivity index (χ3v) is 4.78. The second-order valence-electron chi connectivity index (χ2n) is 5.59. The molecule has 0 saturated heterocycles. The van der Waals surface area contributed by atoms with Crippen molar-refractivity contribution in [2.75, 3.05) is 0 Å². The smallest absolute Gasteiger partial charge is 0.310 e. The summed E-state index contributed by atoms with van der Waals surface area (Å²) in [6.45, 7) is 2.56. The zero-order valence-corrected chi connectivity index (χ0v) is 14.2. The number of nitrogens with two attached hydrogens (primary N) is 1. The number of benzene rings is 1. The fourth-order valence-electron chi connectivity index (χ4n) is 2.43. The van der Waals surface area contributed by atoms with E-state index in [9.17, 15) is 33.4 Å². The van der Waals surface area contributed by atoms with Crippen LogP contribution in [0.15, 0.2) is 34.0 Å². The number of aryl methyl sites for hydroxylation is 1. The van der Waals surface area contributed by atoms with Crippen molar-refractivity contribution in [1.29, 1.82) is 0 Å². The molecule has 0 aliphatic rings. The molecule has 2 aromatic rings. The van der Waals surface area contributed by atoms with Gasteiger partial charge in [-0.05, 0) is 26.0 Å². The Bertz CT molecular complexity index is 972. The number of hydrogen-bond donors (Lipinski definition) is 1. The minimum Gasteiger partial charge on any atom is -0.364 e. The lowest BCUT2D eigenvalue weighted by Gasteiger charge is -2.40. The summed E-state index contributed by atoms with van der Waals surface area (Å²) >= 11 is 0. The van der Waals surface area contributed by atoms with E-state index in [0.717, 1.165) is 10.6 Å². The number of carbonyl (C=O) groups is 1. The molecule has 1 aromatic heterocycles. The van der Waals surface area contributed by atoms with Crippen LogP contribution in [-0.4, -0.2) is 15.5 Å². The van der Waals surface area contributed by atoms with Gasteiger partial charge in [-0.15, -0.1) is 0 Å². The van der Waals surface area contributed by atoms with Crippen LogP contribution in [-0.2, 0) is 0 Å². The van der Waals surface area contributed by atoms with E-state index in [1.54, 1.807) is 0 Å². The van der Waals surface area contributed by atoms with Gasteiger partial charge in [-0.2, -0.15) is 0 Å². The molecule has 0 aliphatic heterocycles. The Morgan fingerprint density at radius 3 is 2.19 bits per heavy atom. The lowest BCUT2D eigenvalue weighted by molar-refractivity contribution is 0.0994. The van der Waals surface area contributed by atoms with E-state index < -0.39 is 44.0 Å². The van der Waals surface area contributed by atoms with Crippen LogP contribution in [0, 0.1) is 12.7 Å². The van der Waals surface area contributed by atoms with Gasteiger partial charge in [-0.25, -0.2) is 9.37 Å². The van der Waals surface area contributed by atoms with Crippen molar-refractivity contribution in [3.8, 4) is 0 Å². The third kappa shape index (κ3) is 3.84. The number of rotatable bonds is 4. The second kappa shape index (κ2) is 5.25. The molecule has 0 unspecified atom stereocenters. The van der Waals surface area contributed by atoms with Crippen molar-refractivity contribution in [1.82, 2.24) is 9.55 Å². The lowest BCUT2D eigenvalue weighted by atomic mass is 10.1. The minimum absolute atomic E-state index is 0.0576. The number of primary amides is 1. The van der Waals surface area contributed by atoms with Gasteiger partial charge >= 0.3 is 10.2 Å². The van der Waals surface area contributed by atoms with E-state index in [2.05, 4.69) is 4.98 Å². The van der Waals surface area contributed by atoms with Crippen LogP contribution < -0.4 is 11.3 Å². The largest absolute Gasteiger partial charge is 0.364 e. The fourth-order valence-corrected chi connectivity index (χ4v) is 3.08. The van der Waals surface area contributed by atoms with E-state index in [1.165, 1.54) is 13.8 Å². The number of aromatic nitrogens is 2. The van der Waals surface area contributed by atoms with Crippen molar-refractivity contribution in [3.05, 3.63) is 57.5 Å². The highest BCUT2D eigenvalue weighted by Crippen LogP contribution is 3.02. The maximum Gasteiger partial charge on any atom is 0.310 e. The van der Waals surface area contributed by atoms with E-state index >= 15 is 0 Å². The van der Waals surface area contributed by atoms with E-state index in [4.69, 9.17) is 5.73 Å². The zero-order valence-electron chi connectivity index (χ0n) is 13.4. The van der Waals surface area contributed by atoms with Gasteiger partial charge in [0.1, 0.15) is 22.2 Å². The Balaban J connectivity index is 2.58. The second-order valence-corrected chi connectivity index (χ2v) is 8.00. The van der Waals surface area contributed by atoms with E-state index in [1.807, 2.05) is 0 Å². The molecule has 1 heterocycles. The fraction of sp³-hybridized carbons (Fsp3) is 0.214. The highest BCUT2D eigenvalue weighted by atomic mass is 32.5. The Hall–Kier alpha value is -2.50. The maximum atomic E-state index is 14.1. The highest BCUT2D eigenvalue weighted by Gasteiger charge is 2.65. The number of hydrogen-bond acceptors (Lipinski definition) is 3. The molecule has 5 nitrogen and oxygen atoms in total. The van der Waals surface area contributed by atoms with Crippen LogP contribution >= 0.6 is 10.2 Å². The first-order valence-corrected chi connectivity index (χ1v) is 8.90. The summed E-state index contributed by atoms with van der Waals surface area (Å²) in [5.41, 5.74) is 3.43. The standard InChI is InChI=1S/C14H13F6N3O2S/c1-7(23-8(2)22-12(14(21)25)6-13(23)24)10-4-3-9(5-11(10)15)26(16,17,18,19)20/h3-7H,1-2H3,(H2,21,25)/t7-/m1/s1. The molecule has 26 heavy (non-hydrogen) atoms. The number of halogens is 6. The topological polar surface area (TPSA) is 78.0 Å². The summed E-state index contributed by atoms with van der Waals surface area (Å²) in [4.78, 5) is 24.6. The Morgan fingerprint density at radius 2 is 1.77 bits per heavy atom. The Kier molecular flexibility index (Phi) is 4.00. The molecule has 1 amide bonds. The monoisotopic (exact) mass is 401 g/mol. The van der Waals surface area contributed by atoms with Crippen LogP contribution in [0.1, 0.15) is 34.8 Å². The first-order chi connectivity index (χ1) is 11.5. The summed E-state index contributed by atoms with van der Waals surface area (Å²) in [6.07, 6.45) is 0. The Labute approximate surface area is 143 Å². The average molecular weight is 401 g/mol. The first kappa shape index (κ1) is 19.8. The van der Waals surface area contributed by atoms with Gasteiger partial charge in [0.05, 0.1) is 6.04 Å². The predicted octanol–water partition coefficient (Wildman–Crippen LogP) is 4.06. The quantitative estimate of drug-likeness (QED) is 0.785. The van der Waals surface area contributed by atoms with Crippen molar-refractivity contribution in [3.63, 3.8) is 0 Å². The SMILES string of the molecule is Cc1nc(C(N)=O)cc(=O)n1[C@H](C)c1ccc(S(F)(F)(F)(F)F)cc1F. The normalized spacial score (nSPS) is 15.8. The maximum absolute atomic E-state index is 14.1. The van der Waals surface area contributed by atoms with Gasteiger partial charge in [0, 0.05) is 11.6 Å². The molecular formula is C14H13F6N3O2S. The number of amides is 1. The molecule has 0 aliphatic carbocycles. The summed E-state index contributed by atoms with van der Waals surface area (Å²) in [5, 5.41) is 0. The predicted molar refractivity (Wildman–Crippen MR) is 83.4 cm³/mol. The summed E-state index contributed by atoms with van der Waals surface area (Å²) in [6, 6.07) is -0.112. The molecule has 0 saturated carbocycles. The molecule has 0 radical (unpaired) electrons. The molecule has 1 atom stereocenters. The van der Waals surface area contributed by atoms with Crippen molar-refractivity contribution >= 4 is 16.1 Å². The van der Waals surface area contributed by atoms with Crippen LogP contribution in [0.4, 0.5) is 23.8 Å². The van der Waals surface area contributed by atoms with Gasteiger partial charge in [-0.1, -0.05) is 25.5 Å². The first-order valence-electron chi connectivity index (χ1n) is 6.95. The molecule has 1 aromatic carbocycles. The van der Waals surface area contributed by atoms with Crippen molar-refractivity contribution in [2.24, 2.45) is 5.73 Å². The van der Waals surface area contributed by atoms with Gasteiger partial charge in [-0.3, -0.25) is 14.2 Å². The molecule has 0 fully saturated rings. The van der Waals surface area contributed by atoms with Gasteiger partial charge in [0.15, 0.2) is 0 Å².